The molecule has 0 aliphatic carbocycles. The van der Waals surface area contributed by atoms with Crippen molar-refractivity contribution in [2.45, 2.75) is 39.2 Å². The van der Waals surface area contributed by atoms with Crippen LogP contribution in [0.5, 0.6) is 5.75 Å². The molecule has 1 N–H and O–H groups in total. The monoisotopic (exact) mass is 469 g/mol. The number of hydrogen-bond acceptors (Lipinski definition) is 5. The Morgan fingerprint density at radius 1 is 0.914 bits per heavy atom. The highest BCUT2D eigenvalue weighted by atomic mass is 16.5. The minimum atomic E-state index is -0.743. The van der Waals surface area contributed by atoms with Crippen LogP contribution in [0.2, 0.25) is 0 Å². The average Bonchev–Trinajstić information content (AvgIpc) is 2.87. The van der Waals surface area contributed by atoms with Gasteiger partial charge in [-0.05, 0) is 61.6 Å². The number of carbonyl (C=O) groups excluding carboxylic acids is 2. The van der Waals surface area contributed by atoms with Gasteiger partial charge in [-0.2, -0.15) is 0 Å². The van der Waals surface area contributed by atoms with Crippen molar-refractivity contribution >= 4 is 22.8 Å². The van der Waals surface area contributed by atoms with Crippen molar-refractivity contribution in [2.24, 2.45) is 0 Å². The van der Waals surface area contributed by atoms with Gasteiger partial charge >= 0.3 is 11.6 Å². The molecule has 0 saturated carbocycles. The van der Waals surface area contributed by atoms with E-state index in [0.717, 1.165) is 18.4 Å². The molecule has 6 heteroatoms. The van der Waals surface area contributed by atoms with E-state index in [1.54, 1.807) is 24.3 Å². The van der Waals surface area contributed by atoms with E-state index in [0.29, 0.717) is 17.4 Å². The minimum absolute atomic E-state index is 0.0602. The third kappa shape index (κ3) is 5.84. The Morgan fingerprint density at radius 3 is 2.43 bits per heavy atom. The molecule has 6 nitrogen and oxygen atoms in total. The maximum absolute atomic E-state index is 13.0. The van der Waals surface area contributed by atoms with Crippen LogP contribution in [-0.4, -0.2) is 17.9 Å². The number of rotatable bonds is 8. The number of carbonyl (C=O) groups is 2. The van der Waals surface area contributed by atoms with Crippen molar-refractivity contribution in [3.05, 3.63) is 112 Å². The Morgan fingerprint density at radius 2 is 1.66 bits per heavy atom. The molecule has 0 fully saturated rings. The highest BCUT2D eigenvalue weighted by molar-refractivity contribution is 5.97. The summed E-state index contributed by atoms with van der Waals surface area (Å²) in [7, 11) is 0. The number of hydrogen-bond donors (Lipinski definition) is 1. The normalized spacial score (nSPS) is 11.7. The van der Waals surface area contributed by atoms with Crippen molar-refractivity contribution in [1.29, 1.82) is 0 Å². The largest absolute Gasteiger partial charge is 0.423 e. The lowest BCUT2D eigenvalue weighted by atomic mass is 10.00. The van der Waals surface area contributed by atoms with E-state index in [1.165, 1.54) is 17.7 Å². The predicted molar refractivity (Wildman–Crippen MR) is 135 cm³/mol. The van der Waals surface area contributed by atoms with Gasteiger partial charge in [-0.15, -0.1) is 0 Å². The SMILES string of the molecule is CCC(C)NC(=O)c1cc2ccc(OC(=O)c3ccccc3CCc3ccccc3)cc2oc1=O. The standard InChI is InChI=1S/C29H27NO5/c1-3-19(2)30-27(31)25-17-22-15-16-23(18-26(22)35-29(25)33)34-28(32)24-12-8-7-11-21(24)14-13-20-9-5-4-6-10-20/h4-12,15-19H,3,13-14H2,1-2H3,(H,30,31). The second kappa shape index (κ2) is 10.8. The number of esters is 1. The predicted octanol–water partition coefficient (Wildman–Crippen LogP) is 5.33. The van der Waals surface area contributed by atoms with Crippen molar-refractivity contribution in [3.63, 3.8) is 0 Å². The first kappa shape index (κ1) is 24.0. The van der Waals surface area contributed by atoms with E-state index in [9.17, 15) is 14.4 Å². The third-order valence-corrected chi connectivity index (χ3v) is 5.92. The van der Waals surface area contributed by atoms with Crippen LogP contribution >= 0.6 is 0 Å². The van der Waals surface area contributed by atoms with Crippen LogP contribution in [0.25, 0.3) is 11.0 Å². The Kier molecular flexibility index (Phi) is 7.41. The van der Waals surface area contributed by atoms with Gasteiger partial charge in [0.25, 0.3) is 5.91 Å². The van der Waals surface area contributed by atoms with Gasteiger partial charge in [-0.3, -0.25) is 4.79 Å². The zero-order valence-corrected chi connectivity index (χ0v) is 19.7. The number of benzene rings is 3. The Labute approximate surface area is 203 Å². The molecule has 1 amide bonds. The van der Waals surface area contributed by atoms with E-state index >= 15 is 0 Å². The lowest BCUT2D eigenvalue weighted by Crippen LogP contribution is -2.34. The molecule has 0 saturated heterocycles. The molecule has 0 spiro atoms. The molecule has 1 aromatic heterocycles. The first-order valence-corrected chi connectivity index (χ1v) is 11.7. The lowest BCUT2D eigenvalue weighted by molar-refractivity contribution is 0.0733. The summed E-state index contributed by atoms with van der Waals surface area (Å²) in [5.41, 5.74) is 2.01. The summed E-state index contributed by atoms with van der Waals surface area (Å²) in [6.07, 6.45) is 2.25. The summed E-state index contributed by atoms with van der Waals surface area (Å²) >= 11 is 0. The van der Waals surface area contributed by atoms with E-state index in [2.05, 4.69) is 17.4 Å². The van der Waals surface area contributed by atoms with Crippen molar-refractivity contribution in [1.82, 2.24) is 5.32 Å². The Balaban J connectivity index is 1.52. The molecule has 0 aliphatic heterocycles. The molecule has 4 aromatic rings. The van der Waals surface area contributed by atoms with E-state index < -0.39 is 17.5 Å². The van der Waals surface area contributed by atoms with Crippen molar-refractivity contribution < 1.29 is 18.7 Å². The van der Waals surface area contributed by atoms with Crippen LogP contribution < -0.4 is 15.7 Å². The average molecular weight is 470 g/mol. The van der Waals surface area contributed by atoms with Gasteiger partial charge in [0, 0.05) is 17.5 Å². The van der Waals surface area contributed by atoms with Crippen molar-refractivity contribution in [3.8, 4) is 5.75 Å². The highest BCUT2D eigenvalue weighted by Gasteiger charge is 2.17. The molecule has 1 unspecified atom stereocenters. The van der Waals surface area contributed by atoms with Gasteiger partial charge in [0.1, 0.15) is 16.9 Å². The van der Waals surface area contributed by atoms with Crippen LogP contribution in [0.3, 0.4) is 0 Å². The van der Waals surface area contributed by atoms with E-state index in [1.807, 2.05) is 44.2 Å². The second-order valence-corrected chi connectivity index (χ2v) is 8.46. The van der Waals surface area contributed by atoms with Gasteiger partial charge < -0.3 is 14.5 Å². The van der Waals surface area contributed by atoms with Crippen LogP contribution in [0.4, 0.5) is 0 Å². The Hall–Kier alpha value is -4.19. The molecular formula is C29H27NO5. The summed E-state index contributed by atoms with van der Waals surface area (Å²) in [5.74, 6) is -0.710. The van der Waals surface area contributed by atoms with Gasteiger partial charge in [-0.1, -0.05) is 55.5 Å². The number of fused-ring (bicyclic) bond motifs is 1. The molecule has 0 bridgehead atoms. The quantitative estimate of drug-likeness (QED) is 0.214. The first-order valence-electron chi connectivity index (χ1n) is 11.7. The minimum Gasteiger partial charge on any atom is -0.423 e. The fourth-order valence-electron chi connectivity index (χ4n) is 3.74. The lowest BCUT2D eigenvalue weighted by Gasteiger charge is -2.11. The number of nitrogens with one attached hydrogen (secondary N) is 1. The number of aryl methyl sites for hydroxylation is 2. The molecule has 0 radical (unpaired) electrons. The van der Waals surface area contributed by atoms with E-state index in [4.69, 9.17) is 9.15 Å². The second-order valence-electron chi connectivity index (χ2n) is 8.46. The van der Waals surface area contributed by atoms with Crippen LogP contribution in [0.15, 0.2) is 88.1 Å². The molecule has 35 heavy (non-hydrogen) atoms. The summed E-state index contributed by atoms with van der Waals surface area (Å²) < 4.78 is 11.0. The summed E-state index contributed by atoms with van der Waals surface area (Å²) in [5, 5.41) is 3.32. The first-order chi connectivity index (χ1) is 16.9. The van der Waals surface area contributed by atoms with E-state index in [-0.39, 0.29) is 22.9 Å². The van der Waals surface area contributed by atoms with Crippen LogP contribution in [-0.2, 0) is 12.8 Å². The van der Waals surface area contributed by atoms with Crippen molar-refractivity contribution in [2.75, 3.05) is 0 Å². The van der Waals surface area contributed by atoms with Gasteiger partial charge in [0.15, 0.2) is 0 Å². The summed E-state index contributed by atoms with van der Waals surface area (Å²) in [6, 6.07) is 23.6. The fourth-order valence-corrected chi connectivity index (χ4v) is 3.74. The molecular weight excluding hydrogens is 442 g/mol. The zero-order chi connectivity index (χ0) is 24.8. The Bertz CT molecular complexity index is 1410. The third-order valence-electron chi connectivity index (χ3n) is 5.92. The van der Waals surface area contributed by atoms with Gasteiger partial charge in [0.2, 0.25) is 0 Å². The van der Waals surface area contributed by atoms with Crippen LogP contribution in [0.1, 0.15) is 52.1 Å². The summed E-state index contributed by atoms with van der Waals surface area (Å²) in [4.78, 5) is 37.7. The van der Waals surface area contributed by atoms with Gasteiger partial charge in [0.05, 0.1) is 5.56 Å². The molecule has 3 aromatic carbocycles. The number of amides is 1. The zero-order valence-electron chi connectivity index (χ0n) is 19.7. The maximum atomic E-state index is 13.0. The molecule has 178 valence electrons. The molecule has 1 heterocycles. The molecule has 0 aliphatic rings. The number of ether oxygens (including phenoxy) is 1. The topological polar surface area (TPSA) is 85.6 Å². The van der Waals surface area contributed by atoms with Gasteiger partial charge in [-0.25, -0.2) is 9.59 Å². The fraction of sp³-hybridized carbons (Fsp3) is 0.207. The highest BCUT2D eigenvalue weighted by Crippen LogP contribution is 2.23. The molecule has 4 rings (SSSR count). The smallest absolute Gasteiger partial charge is 0.349 e. The summed E-state index contributed by atoms with van der Waals surface area (Å²) in [6.45, 7) is 3.80. The molecule has 1 atom stereocenters. The van der Waals surface area contributed by atoms with Crippen LogP contribution in [0, 0.1) is 0 Å². The maximum Gasteiger partial charge on any atom is 0.349 e.